The molecule has 0 heterocycles. The number of rotatable bonds is 1. The molecule has 9 heavy (non-hydrogen) atoms. The fraction of sp³-hybridized carbons (Fsp3) is 1.00. The molecule has 0 aliphatic carbocycles. The van der Waals surface area contributed by atoms with Crippen LogP contribution in [0.15, 0.2) is 0 Å². The van der Waals surface area contributed by atoms with Crippen molar-refractivity contribution in [1.29, 1.82) is 0 Å². The first kappa shape index (κ1) is 10.6. The fourth-order valence-electron chi connectivity index (χ4n) is 0.227. The van der Waals surface area contributed by atoms with Gasteiger partial charge in [0.2, 0.25) is 3.53 Å². The van der Waals surface area contributed by atoms with Crippen LogP contribution in [0.4, 0.5) is 0 Å². The quantitative estimate of drug-likeness (QED) is 0.491. The van der Waals surface area contributed by atoms with Crippen LogP contribution >= 0.6 is 53.5 Å². The van der Waals surface area contributed by atoms with Crippen LogP contribution in [0.5, 0.6) is 0 Å². The molecule has 0 amide bonds. The van der Waals surface area contributed by atoms with Crippen LogP contribution < -0.4 is 0 Å². The SMILES string of the molecule is CN(C)P(Cl)C(Cl)(Cl)Cl. The summed E-state index contributed by atoms with van der Waals surface area (Å²) in [6.45, 7) is 0. The normalized spacial score (nSPS) is 16.3. The standard InChI is InChI=1S/C3H6Cl4NP/c1-8(2)9(7)3(4,5)6/h1-2H3. The van der Waals surface area contributed by atoms with Crippen LogP contribution in [0.25, 0.3) is 0 Å². The highest BCUT2D eigenvalue weighted by molar-refractivity contribution is 7.87. The summed E-state index contributed by atoms with van der Waals surface area (Å²) >= 11 is 22.1. The van der Waals surface area contributed by atoms with E-state index in [2.05, 4.69) is 0 Å². The Hall–Kier alpha value is 1.55. The fourth-order valence-corrected chi connectivity index (χ4v) is 2.04. The monoisotopic (exact) mass is 227 g/mol. The zero-order valence-corrected chi connectivity index (χ0v) is 8.82. The molecule has 0 rings (SSSR count). The molecule has 0 aromatic rings. The molecule has 0 N–H and O–H groups in total. The number of hydrogen-bond acceptors (Lipinski definition) is 1. The Labute approximate surface area is 75.8 Å². The Bertz CT molecular complexity index is 90.3. The van der Waals surface area contributed by atoms with E-state index in [4.69, 9.17) is 46.0 Å². The summed E-state index contributed by atoms with van der Waals surface area (Å²) < 4.78 is 0.338. The van der Waals surface area contributed by atoms with Gasteiger partial charge >= 0.3 is 0 Å². The molecule has 0 radical (unpaired) electrons. The van der Waals surface area contributed by atoms with Gasteiger partial charge in [-0.15, -0.1) is 0 Å². The Morgan fingerprint density at radius 1 is 1.22 bits per heavy atom. The van der Waals surface area contributed by atoms with Crippen molar-refractivity contribution in [3.05, 3.63) is 0 Å². The predicted octanol–water partition coefficient (Wildman–Crippen LogP) is 3.43. The number of alkyl halides is 3. The highest BCUT2D eigenvalue weighted by Crippen LogP contribution is 2.62. The largest absolute Gasteiger partial charge is 0.273 e. The van der Waals surface area contributed by atoms with Crippen molar-refractivity contribution >= 4 is 53.5 Å². The van der Waals surface area contributed by atoms with Gasteiger partial charge in [-0.3, -0.25) is 4.67 Å². The summed E-state index contributed by atoms with van der Waals surface area (Å²) in [5.41, 5.74) is 0. The predicted molar refractivity (Wildman–Crippen MR) is 46.8 cm³/mol. The smallest absolute Gasteiger partial charge is 0.236 e. The second-order valence-electron chi connectivity index (χ2n) is 1.58. The zero-order chi connectivity index (χ0) is 7.65. The Balaban J connectivity index is 3.88. The molecule has 0 aliphatic heterocycles. The van der Waals surface area contributed by atoms with E-state index in [9.17, 15) is 0 Å². The first-order valence-electron chi connectivity index (χ1n) is 2.05. The molecule has 6 heteroatoms. The van der Waals surface area contributed by atoms with Crippen LogP contribution in [0, 0.1) is 0 Å². The summed E-state index contributed by atoms with van der Waals surface area (Å²) in [6.07, 6.45) is 0. The number of halogens is 4. The van der Waals surface area contributed by atoms with Crippen molar-refractivity contribution in [1.82, 2.24) is 4.67 Å². The molecule has 0 spiro atoms. The van der Waals surface area contributed by atoms with Crippen LogP contribution in [-0.4, -0.2) is 22.3 Å². The first-order valence-corrected chi connectivity index (χ1v) is 5.39. The molecule has 0 aliphatic rings. The minimum absolute atomic E-state index is 1.18. The van der Waals surface area contributed by atoms with E-state index < -0.39 is 11.0 Å². The van der Waals surface area contributed by atoms with E-state index in [-0.39, 0.29) is 0 Å². The Kier molecular flexibility index (Phi) is 4.46. The third-order valence-corrected chi connectivity index (χ3v) is 5.57. The maximum Gasteiger partial charge on any atom is 0.236 e. The topological polar surface area (TPSA) is 3.24 Å². The molecule has 0 bridgehead atoms. The third-order valence-electron chi connectivity index (χ3n) is 0.560. The maximum atomic E-state index is 5.69. The van der Waals surface area contributed by atoms with Gasteiger partial charge < -0.3 is 0 Å². The second kappa shape index (κ2) is 3.80. The number of hydrogen-bond donors (Lipinski definition) is 0. The lowest BCUT2D eigenvalue weighted by molar-refractivity contribution is 0.686. The molecule has 0 saturated carbocycles. The van der Waals surface area contributed by atoms with Crippen LogP contribution in [0.1, 0.15) is 0 Å². The molecule has 0 fully saturated rings. The van der Waals surface area contributed by atoms with Crippen molar-refractivity contribution in [3.63, 3.8) is 0 Å². The summed E-state index contributed by atoms with van der Waals surface area (Å²) in [5.74, 6) is 0. The van der Waals surface area contributed by atoms with Crippen molar-refractivity contribution in [2.24, 2.45) is 0 Å². The first-order chi connectivity index (χ1) is 3.85. The van der Waals surface area contributed by atoms with E-state index in [1.54, 1.807) is 18.8 Å². The molecule has 56 valence electrons. The summed E-state index contributed by atoms with van der Waals surface area (Å²) in [6, 6.07) is 0. The molecule has 0 aromatic carbocycles. The third kappa shape index (κ3) is 4.08. The van der Waals surface area contributed by atoms with Crippen LogP contribution in [-0.2, 0) is 0 Å². The highest BCUT2D eigenvalue weighted by atomic mass is 35.7. The Morgan fingerprint density at radius 2 is 1.56 bits per heavy atom. The van der Waals surface area contributed by atoms with Gasteiger partial charge in [0.25, 0.3) is 0 Å². The van der Waals surface area contributed by atoms with E-state index in [1.807, 2.05) is 0 Å². The van der Waals surface area contributed by atoms with Gasteiger partial charge in [-0.25, -0.2) is 0 Å². The lowest BCUT2D eigenvalue weighted by Crippen LogP contribution is -2.10. The minimum atomic E-state index is -1.35. The molecule has 1 nitrogen and oxygen atoms in total. The van der Waals surface area contributed by atoms with Crippen molar-refractivity contribution < 1.29 is 0 Å². The van der Waals surface area contributed by atoms with Gasteiger partial charge in [-0.2, -0.15) is 0 Å². The average Bonchev–Trinajstić information content (AvgIpc) is 1.62. The van der Waals surface area contributed by atoms with E-state index in [0.29, 0.717) is 0 Å². The lowest BCUT2D eigenvalue weighted by Gasteiger charge is -2.23. The van der Waals surface area contributed by atoms with E-state index in [1.165, 1.54) is 0 Å². The Morgan fingerprint density at radius 3 is 1.56 bits per heavy atom. The summed E-state index contributed by atoms with van der Waals surface area (Å²) in [4.78, 5) is 0. The molecular weight excluding hydrogens is 223 g/mol. The van der Waals surface area contributed by atoms with Crippen molar-refractivity contribution in [2.45, 2.75) is 3.53 Å². The molecule has 0 saturated heterocycles. The van der Waals surface area contributed by atoms with Gasteiger partial charge in [0.05, 0.1) is 0 Å². The van der Waals surface area contributed by atoms with E-state index in [0.717, 1.165) is 0 Å². The van der Waals surface area contributed by atoms with Crippen LogP contribution in [0.2, 0.25) is 0 Å². The van der Waals surface area contributed by atoms with Gasteiger partial charge in [0, 0.05) is 0 Å². The lowest BCUT2D eigenvalue weighted by atomic mass is 11.3. The summed E-state index contributed by atoms with van der Waals surface area (Å²) in [5, 5.41) is 0. The molecule has 0 aromatic heterocycles. The van der Waals surface area contributed by atoms with Gasteiger partial charge in [0.1, 0.15) is 7.43 Å². The zero-order valence-electron chi connectivity index (χ0n) is 4.91. The van der Waals surface area contributed by atoms with Gasteiger partial charge in [-0.1, -0.05) is 46.0 Å². The van der Waals surface area contributed by atoms with Gasteiger partial charge in [-0.05, 0) is 14.1 Å². The van der Waals surface area contributed by atoms with Crippen LogP contribution in [0.3, 0.4) is 0 Å². The van der Waals surface area contributed by atoms with Gasteiger partial charge in [0.15, 0.2) is 0 Å². The summed E-state index contributed by atoms with van der Waals surface area (Å²) in [7, 11) is 2.35. The van der Waals surface area contributed by atoms with Crippen molar-refractivity contribution in [3.8, 4) is 0 Å². The minimum Gasteiger partial charge on any atom is -0.273 e. The molecule has 1 atom stereocenters. The maximum absolute atomic E-state index is 5.69. The second-order valence-corrected chi connectivity index (χ2v) is 7.60. The highest BCUT2D eigenvalue weighted by Gasteiger charge is 2.32. The molecular formula is C3H6Cl4NP. The van der Waals surface area contributed by atoms with E-state index >= 15 is 0 Å². The molecule has 1 unspecified atom stereocenters. The average molecular weight is 229 g/mol. The van der Waals surface area contributed by atoms with Crippen molar-refractivity contribution in [2.75, 3.05) is 14.1 Å². The number of nitrogens with zero attached hydrogens (tertiary/aromatic N) is 1.